The van der Waals surface area contributed by atoms with E-state index in [1.165, 1.54) is 12.1 Å². The molecule has 2 amide bonds. The van der Waals surface area contributed by atoms with Crippen LogP contribution in [0.3, 0.4) is 0 Å². The number of hydrogen-bond acceptors (Lipinski definition) is 3. The fourth-order valence-electron chi connectivity index (χ4n) is 3.53. The van der Waals surface area contributed by atoms with Gasteiger partial charge in [0.25, 0.3) is 0 Å². The predicted molar refractivity (Wildman–Crippen MR) is 128 cm³/mol. The number of halogens is 2. The van der Waals surface area contributed by atoms with E-state index >= 15 is 0 Å². The van der Waals surface area contributed by atoms with Crippen molar-refractivity contribution in [3.05, 3.63) is 64.4 Å². The zero-order valence-electron chi connectivity index (χ0n) is 19.1. The number of amides is 2. The molecule has 0 aromatic heterocycles. The van der Waals surface area contributed by atoms with Gasteiger partial charge in [-0.15, -0.1) is 0 Å². The second-order valence-electron chi connectivity index (χ2n) is 9.77. The number of fused-ring (bicyclic) bond motifs is 1. The maximum absolute atomic E-state index is 13.6. The third-order valence-corrected chi connectivity index (χ3v) is 11.3. The van der Waals surface area contributed by atoms with Gasteiger partial charge in [-0.3, -0.25) is 9.59 Å². The number of nitrogens with one attached hydrogen (secondary N) is 2. The molecule has 2 aromatic carbocycles. The summed E-state index contributed by atoms with van der Waals surface area (Å²) in [5.41, 5.74) is 2.30. The van der Waals surface area contributed by atoms with Crippen LogP contribution in [0.4, 0.5) is 10.1 Å². The van der Waals surface area contributed by atoms with Gasteiger partial charge in [0, 0.05) is 18.2 Å². The van der Waals surface area contributed by atoms with Crippen molar-refractivity contribution in [1.82, 2.24) is 5.32 Å². The number of carbonyl (C=O) groups is 2. The van der Waals surface area contributed by atoms with Gasteiger partial charge in [-0.2, -0.15) is 0 Å². The Bertz CT molecular complexity index is 1020. The Balaban J connectivity index is 1.72. The average molecular weight is 477 g/mol. The van der Waals surface area contributed by atoms with Crippen LogP contribution in [-0.2, 0) is 20.4 Å². The van der Waals surface area contributed by atoms with Crippen molar-refractivity contribution in [1.29, 1.82) is 0 Å². The molecule has 0 unspecified atom stereocenters. The Hall–Kier alpha value is -2.22. The molecule has 0 heterocycles. The normalized spacial score (nSPS) is 18.2. The van der Waals surface area contributed by atoms with Gasteiger partial charge >= 0.3 is 11.8 Å². The molecule has 8 heteroatoms. The fraction of sp³-hybridized carbons (Fsp3) is 0.417. The topological polar surface area (TPSA) is 67.4 Å². The number of benzene rings is 2. The van der Waals surface area contributed by atoms with E-state index in [4.69, 9.17) is 16.0 Å². The smallest absolute Gasteiger partial charge is 0.313 e. The first kappa shape index (κ1) is 24.4. The van der Waals surface area contributed by atoms with E-state index in [1.807, 2.05) is 24.3 Å². The van der Waals surface area contributed by atoms with Gasteiger partial charge in [0.15, 0.2) is 8.32 Å². The third-order valence-electron chi connectivity index (χ3n) is 6.48. The molecule has 0 bridgehead atoms. The van der Waals surface area contributed by atoms with Crippen molar-refractivity contribution in [2.24, 2.45) is 5.92 Å². The van der Waals surface area contributed by atoms with Gasteiger partial charge in [0.2, 0.25) is 0 Å². The maximum Gasteiger partial charge on any atom is 0.313 e. The summed E-state index contributed by atoms with van der Waals surface area (Å²) < 4.78 is 20.1. The minimum absolute atomic E-state index is 0.0197. The molecule has 0 saturated heterocycles. The van der Waals surface area contributed by atoms with Crippen LogP contribution in [0, 0.1) is 11.7 Å². The van der Waals surface area contributed by atoms with Crippen LogP contribution in [0.25, 0.3) is 0 Å². The zero-order chi connectivity index (χ0) is 23.7. The number of carbonyl (C=O) groups excluding carboxylic acids is 2. The van der Waals surface area contributed by atoms with Gasteiger partial charge < -0.3 is 15.1 Å². The molecule has 32 heavy (non-hydrogen) atoms. The summed E-state index contributed by atoms with van der Waals surface area (Å²) in [6.45, 7) is 11.5. The first-order valence-corrected chi connectivity index (χ1v) is 14.0. The van der Waals surface area contributed by atoms with Crippen LogP contribution < -0.4 is 10.6 Å². The van der Waals surface area contributed by atoms with E-state index in [1.54, 1.807) is 0 Å². The number of anilines is 1. The Kier molecular flexibility index (Phi) is 7.12. The Morgan fingerprint density at radius 3 is 2.50 bits per heavy atom. The maximum atomic E-state index is 13.6. The molecule has 5 nitrogen and oxygen atoms in total. The molecule has 1 aliphatic carbocycles. The van der Waals surface area contributed by atoms with Crippen molar-refractivity contribution < 1.29 is 18.4 Å². The number of rotatable bonds is 5. The van der Waals surface area contributed by atoms with Crippen LogP contribution in [0.1, 0.15) is 37.9 Å². The van der Waals surface area contributed by atoms with Crippen molar-refractivity contribution in [3.63, 3.8) is 0 Å². The summed E-state index contributed by atoms with van der Waals surface area (Å²) in [4.78, 5) is 25.2. The fourth-order valence-corrected chi connectivity index (χ4v) is 4.71. The SMILES string of the molecule is CC(C)(C)[Si](C)(C)OC[C@H]1Cc2ccccc2[C@@H]1NC(=O)C(=O)Nc1ccc(Cl)c(F)c1. The monoisotopic (exact) mass is 476 g/mol. The highest BCUT2D eigenvalue weighted by atomic mass is 35.5. The van der Waals surface area contributed by atoms with Crippen LogP contribution in [0.5, 0.6) is 0 Å². The van der Waals surface area contributed by atoms with Gasteiger partial charge in [0.1, 0.15) is 5.82 Å². The van der Waals surface area contributed by atoms with Crippen LogP contribution >= 0.6 is 11.6 Å². The molecular weight excluding hydrogens is 447 g/mol. The lowest BCUT2D eigenvalue weighted by Gasteiger charge is -2.37. The molecule has 0 spiro atoms. The molecule has 2 N–H and O–H groups in total. The highest BCUT2D eigenvalue weighted by Gasteiger charge is 2.40. The lowest BCUT2D eigenvalue weighted by molar-refractivity contribution is -0.136. The quantitative estimate of drug-likeness (QED) is 0.444. The Morgan fingerprint density at radius 2 is 1.84 bits per heavy atom. The molecule has 0 saturated carbocycles. The average Bonchev–Trinajstić information content (AvgIpc) is 3.06. The standard InChI is InChI=1S/C24H30ClFN2O3Si/c1-24(2,3)32(4,5)31-14-16-12-15-8-6-7-9-18(15)21(16)28-23(30)22(29)27-17-10-11-19(25)20(26)13-17/h6-11,13,16,21H,12,14H2,1-5H3,(H,27,29)(H,28,30)/t16-,21-/m1/s1. The molecule has 2 aromatic rings. The first-order chi connectivity index (χ1) is 14.9. The number of hydrogen-bond donors (Lipinski definition) is 2. The van der Waals surface area contributed by atoms with Crippen molar-refractivity contribution in [2.75, 3.05) is 11.9 Å². The minimum Gasteiger partial charge on any atom is -0.416 e. The molecule has 0 radical (unpaired) electrons. The third kappa shape index (κ3) is 5.39. The van der Waals surface area contributed by atoms with Crippen molar-refractivity contribution in [2.45, 2.75) is 51.4 Å². The van der Waals surface area contributed by atoms with Gasteiger partial charge in [0.05, 0.1) is 11.1 Å². The second-order valence-corrected chi connectivity index (χ2v) is 15.0. The summed E-state index contributed by atoms with van der Waals surface area (Å²) in [6, 6.07) is 11.4. The van der Waals surface area contributed by atoms with E-state index in [0.717, 1.165) is 23.6 Å². The van der Waals surface area contributed by atoms with Gasteiger partial charge in [-0.05, 0) is 53.9 Å². The lowest BCUT2D eigenvalue weighted by Crippen LogP contribution is -2.44. The highest BCUT2D eigenvalue weighted by Crippen LogP contribution is 2.40. The predicted octanol–water partition coefficient (Wildman–Crippen LogP) is 5.47. The van der Waals surface area contributed by atoms with E-state index in [9.17, 15) is 14.0 Å². The van der Waals surface area contributed by atoms with Gasteiger partial charge in [-0.25, -0.2) is 4.39 Å². The van der Waals surface area contributed by atoms with Crippen LogP contribution in [-0.4, -0.2) is 26.7 Å². The molecule has 0 fully saturated rings. The molecule has 2 atom stereocenters. The Morgan fingerprint density at radius 1 is 1.16 bits per heavy atom. The zero-order valence-corrected chi connectivity index (χ0v) is 20.8. The largest absolute Gasteiger partial charge is 0.416 e. The summed E-state index contributed by atoms with van der Waals surface area (Å²) >= 11 is 5.67. The highest BCUT2D eigenvalue weighted by molar-refractivity contribution is 6.74. The summed E-state index contributed by atoms with van der Waals surface area (Å²) in [7, 11) is -1.97. The molecule has 0 aliphatic heterocycles. The van der Waals surface area contributed by atoms with E-state index in [0.29, 0.717) is 6.61 Å². The lowest BCUT2D eigenvalue weighted by atomic mass is 10.0. The Labute approximate surface area is 194 Å². The van der Waals surface area contributed by atoms with Gasteiger partial charge in [-0.1, -0.05) is 56.6 Å². The molecule has 1 aliphatic rings. The summed E-state index contributed by atoms with van der Waals surface area (Å²) in [5, 5.41) is 5.31. The minimum atomic E-state index is -1.97. The van der Waals surface area contributed by atoms with E-state index in [-0.39, 0.29) is 27.7 Å². The van der Waals surface area contributed by atoms with E-state index in [2.05, 4.69) is 44.5 Å². The van der Waals surface area contributed by atoms with Crippen LogP contribution in [0.15, 0.2) is 42.5 Å². The second kappa shape index (κ2) is 9.33. The van der Waals surface area contributed by atoms with E-state index < -0.39 is 25.9 Å². The summed E-state index contributed by atoms with van der Waals surface area (Å²) in [5.74, 6) is -2.29. The molecule has 172 valence electrons. The summed E-state index contributed by atoms with van der Waals surface area (Å²) in [6.07, 6.45) is 0.764. The molecule has 3 rings (SSSR count). The first-order valence-electron chi connectivity index (χ1n) is 10.7. The van der Waals surface area contributed by atoms with Crippen molar-refractivity contribution >= 4 is 37.4 Å². The molecular formula is C24H30ClFN2O3Si. The van der Waals surface area contributed by atoms with Crippen LogP contribution in [0.2, 0.25) is 23.2 Å². The van der Waals surface area contributed by atoms with Crippen molar-refractivity contribution in [3.8, 4) is 0 Å².